The van der Waals surface area contributed by atoms with Crippen molar-refractivity contribution in [2.75, 3.05) is 0 Å². The number of hydrogen-bond donors (Lipinski definition) is 0. The number of fused-ring (bicyclic) bond motifs is 2. The van der Waals surface area contributed by atoms with Gasteiger partial charge in [0.25, 0.3) is 0 Å². The van der Waals surface area contributed by atoms with Crippen LogP contribution in [0.15, 0.2) is 84.0 Å². The summed E-state index contributed by atoms with van der Waals surface area (Å²) in [5.74, 6) is 1.87. The van der Waals surface area contributed by atoms with Gasteiger partial charge in [-0.15, -0.1) is 23.6 Å². The van der Waals surface area contributed by atoms with E-state index in [9.17, 15) is 0 Å². The Hall–Kier alpha value is -1.27. The first kappa shape index (κ1) is 22.0. The summed E-state index contributed by atoms with van der Waals surface area (Å²) >= 11 is 0. The van der Waals surface area contributed by atoms with Gasteiger partial charge >= 0.3 is 26.2 Å². The molecule has 1 unspecified atom stereocenters. The Labute approximate surface area is 193 Å². The molecule has 5 rings (SSSR count). The van der Waals surface area contributed by atoms with E-state index < -0.39 is 0 Å². The first-order valence-electron chi connectivity index (χ1n) is 8.67. The number of allylic oxidation sites excluding steroid dienone is 6. The minimum Gasteiger partial charge on any atom is -1.00 e. The van der Waals surface area contributed by atoms with Gasteiger partial charge in [-0.3, -0.25) is 0 Å². The molecule has 0 fully saturated rings. The number of benzene rings is 2. The maximum atomic E-state index is 2.39. The van der Waals surface area contributed by atoms with E-state index in [1.54, 1.807) is 0 Å². The molecular weight excluding hydrogens is 450 g/mol. The molecule has 0 nitrogen and oxygen atoms in total. The predicted octanol–water partition coefficient (Wildman–Crippen LogP) is -0.412. The SMILES string of the molecule is C1=C[C-](C2=Cc3ccccc3C2)C(C2=Cc3ccccc3C2)C=C1.[Cl-].[Cl-].[Zr+3]. The van der Waals surface area contributed by atoms with Crippen LogP contribution < -0.4 is 24.8 Å². The zero-order chi connectivity index (χ0) is 15.9. The van der Waals surface area contributed by atoms with Gasteiger partial charge in [0.05, 0.1) is 0 Å². The van der Waals surface area contributed by atoms with Crippen molar-refractivity contribution < 1.29 is 51.0 Å². The van der Waals surface area contributed by atoms with Crippen molar-refractivity contribution in [3.8, 4) is 0 Å². The van der Waals surface area contributed by atoms with Gasteiger partial charge in [0.15, 0.2) is 0 Å². The standard InChI is InChI=1S/C24H19.2ClH.Zr/c1-2-8-18-14-21(13-17(18)7-1)23-11-5-6-12-24(23)22-15-19-9-3-4-10-20(19)16-22;;;/h1-13,15,23H,14,16H2;2*1H;/q-1;;;+3/p-2. The molecule has 3 heteroatoms. The summed E-state index contributed by atoms with van der Waals surface area (Å²) in [5.41, 5.74) is 8.66. The van der Waals surface area contributed by atoms with Gasteiger partial charge in [-0.05, 0) is 29.9 Å². The van der Waals surface area contributed by atoms with Crippen molar-refractivity contribution in [1.29, 1.82) is 0 Å². The van der Waals surface area contributed by atoms with Crippen LogP contribution in [0.5, 0.6) is 0 Å². The second-order valence-electron chi connectivity index (χ2n) is 6.82. The third kappa shape index (κ3) is 4.12. The van der Waals surface area contributed by atoms with Crippen LogP contribution in [0.2, 0.25) is 0 Å². The van der Waals surface area contributed by atoms with Crippen LogP contribution in [0.25, 0.3) is 12.2 Å². The Morgan fingerprint density at radius 1 is 0.741 bits per heavy atom. The molecule has 2 aromatic carbocycles. The zero-order valence-electron chi connectivity index (χ0n) is 14.8. The van der Waals surface area contributed by atoms with Crippen molar-refractivity contribution in [3.05, 3.63) is 112 Å². The first-order chi connectivity index (χ1) is 11.9. The molecular formula is C24H19Cl2Zr. The van der Waals surface area contributed by atoms with Crippen LogP contribution in [0.4, 0.5) is 0 Å². The molecule has 2 aromatic rings. The summed E-state index contributed by atoms with van der Waals surface area (Å²) in [4.78, 5) is 0. The summed E-state index contributed by atoms with van der Waals surface area (Å²) in [6.45, 7) is 0. The van der Waals surface area contributed by atoms with Gasteiger partial charge in [0.2, 0.25) is 0 Å². The maximum Gasteiger partial charge on any atom is 3.00 e. The smallest absolute Gasteiger partial charge is 1.00 e. The maximum absolute atomic E-state index is 2.39. The first-order valence-corrected chi connectivity index (χ1v) is 8.67. The van der Waals surface area contributed by atoms with E-state index in [4.69, 9.17) is 0 Å². The Balaban J connectivity index is 0.000000871. The Bertz CT molecular complexity index is 859. The van der Waals surface area contributed by atoms with Crippen molar-refractivity contribution in [3.63, 3.8) is 0 Å². The van der Waals surface area contributed by atoms with E-state index in [-0.39, 0.29) is 51.0 Å². The van der Waals surface area contributed by atoms with E-state index in [1.807, 2.05) is 0 Å². The van der Waals surface area contributed by atoms with Crippen LogP contribution in [0, 0.1) is 11.8 Å². The summed E-state index contributed by atoms with van der Waals surface area (Å²) in [5, 5.41) is 0. The molecule has 0 aliphatic heterocycles. The molecule has 1 radical (unpaired) electrons. The van der Waals surface area contributed by atoms with Crippen LogP contribution >= 0.6 is 0 Å². The molecule has 133 valence electrons. The van der Waals surface area contributed by atoms with Gasteiger partial charge in [-0.25, -0.2) is 0 Å². The molecule has 0 amide bonds. The third-order valence-electron chi connectivity index (χ3n) is 5.35. The Kier molecular flexibility index (Phi) is 7.58. The van der Waals surface area contributed by atoms with Gasteiger partial charge in [0.1, 0.15) is 0 Å². The quantitative estimate of drug-likeness (QED) is 0.525. The van der Waals surface area contributed by atoms with Crippen molar-refractivity contribution in [2.24, 2.45) is 5.92 Å². The van der Waals surface area contributed by atoms with Crippen molar-refractivity contribution in [1.82, 2.24) is 0 Å². The largest absolute Gasteiger partial charge is 3.00 e. The molecule has 0 saturated heterocycles. The topological polar surface area (TPSA) is 0 Å². The molecule has 0 spiro atoms. The minimum absolute atomic E-state index is 0. The number of halogens is 2. The monoisotopic (exact) mass is 467 g/mol. The van der Waals surface area contributed by atoms with Gasteiger partial charge in [0, 0.05) is 0 Å². The van der Waals surface area contributed by atoms with Crippen molar-refractivity contribution >= 4 is 12.2 Å². The second-order valence-corrected chi connectivity index (χ2v) is 6.82. The fourth-order valence-corrected chi connectivity index (χ4v) is 4.14. The summed E-state index contributed by atoms with van der Waals surface area (Å²) in [7, 11) is 0. The van der Waals surface area contributed by atoms with Crippen LogP contribution in [0.3, 0.4) is 0 Å². The molecule has 27 heavy (non-hydrogen) atoms. The number of hydrogen-bond acceptors (Lipinski definition) is 0. The molecule has 1 atom stereocenters. The van der Waals surface area contributed by atoms with E-state index in [0.717, 1.165) is 12.8 Å². The molecule has 3 aliphatic rings. The normalized spacial score (nSPS) is 18.4. The Morgan fingerprint density at radius 3 is 2.04 bits per heavy atom. The van der Waals surface area contributed by atoms with E-state index in [0.29, 0.717) is 5.92 Å². The van der Waals surface area contributed by atoms with Crippen LogP contribution in [-0.4, -0.2) is 0 Å². The molecule has 0 N–H and O–H groups in total. The van der Waals surface area contributed by atoms with E-state index in [1.165, 1.54) is 39.3 Å². The van der Waals surface area contributed by atoms with Gasteiger partial charge in [-0.1, -0.05) is 77.4 Å². The number of rotatable bonds is 2. The van der Waals surface area contributed by atoms with Crippen LogP contribution in [-0.2, 0) is 39.0 Å². The van der Waals surface area contributed by atoms with E-state index in [2.05, 4.69) is 85.0 Å². The second kappa shape index (κ2) is 9.29. The average Bonchev–Trinajstić information content (AvgIpc) is 3.25. The zero-order valence-corrected chi connectivity index (χ0v) is 18.8. The average molecular weight is 470 g/mol. The van der Waals surface area contributed by atoms with Gasteiger partial charge in [-0.2, -0.15) is 12.2 Å². The summed E-state index contributed by atoms with van der Waals surface area (Å²) in [6.07, 6.45) is 15.9. The molecule has 0 aromatic heterocycles. The van der Waals surface area contributed by atoms with E-state index >= 15 is 0 Å². The van der Waals surface area contributed by atoms with Crippen molar-refractivity contribution in [2.45, 2.75) is 12.8 Å². The fraction of sp³-hybridized carbons (Fsp3) is 0.125. The van der Waals surface area contributed by atoms with Crippen LogP contribution in [0.1, 0.15) is 22.3 Å². The summed E-state index contributed by atoms with van der Waals surface area (Å²) < 4.78 is 0. The fourth-order valence-electron chi connectivity index (χ4n) is 4.14. The molecule has 0 bridgehead atoms. The Morgan fingerprint density at radius 2 is 1.37 bits per heavy atom. The summed E-state index contributed by atoms with van der Waals surface area (Å²) in [6, 6.07) is 17.5. The third-order valence-corrected chi connectivity index (χ3v) is 5.35. The van der Waals surface area contributed by atoms with Gasteiger partial charge < -0.3 is 24.8 Å². The molecule has 3 aliphatic carbocycles. The molecule has 0 heterocycles. The predicted molar refractivity (Wildman–Crippen MR) is 101 cm³/mol. The molecule has 0 saturated carbocycles. The minimum atomic E-state index is 0.